The van der Waals surface area contributed by atoms with E-state index in [0.717, 1.165) is 25.3 Å². The summed E-state index contributed by atoms with van der Waals surface area (Å²) in [6, 6.07) is 8.89. The van der Waals surface area contributed by atoms with Crippen LogP contribution < -0.4 is 10.1 Å². The third-order valence-corrected chi connectivity index (χ3v) is 3.83. The SMILES string of the molecule is CCCCCCCCOc1cccc(C(C)NCCC)c1. The van der Waals surface area contributed by atoms with Crippen LogP contribution in [0.2, 0.25) is 0 Å². The van der Waals surface area contributed by atoms with Crippen LogP contribution in [0.15, 0.2) is 24.3 Å². The smallest absolute Gasteiger partial charge is 0.119 e. The number of unbranched alkanes of at least 4 members (excludes halogenated alkanes) is 5. The molecule has 0 heterocycles. The van der Waals surface area contributed by atoms with Crippen molar-refractivity contribution in [1.82, 2.24) is 5.32 Å². The lowest BCUT2D eigenvalue weighted by Crippen LogP contribution is -2.19. The molecule has 0 aliphatic heterocycles. The van der Waals surface area contributed by atoms with Gasteiger partial charge in [0, 0.05) is 6.04 Å². The fraction of sp³-hybridized carbons (Fsp3) is 0.684. The molecule has 0 aliphatic carbocycles. The molecule has 0 spiro atoms. The summed E-state index contributed by atoms with van der Waals surface area (Å²) >= 11 is 0. The van der Waals surface area contributed by atoms with Gasteiger partial charge in [-0.25, -0.2) is 0 Å². The van der Waals surface area contributed by atoms with Gasteiger partial charge in [0.2, 0.25) is 0 Å². The van der Waals surface area contributed by atoms with Crippen molar-refractivity contribution in [2.24, 2.45) is 0 Å². The van der Waals surface area contributed by atoms with Crippen molar-refractivity contribution in [3.8, 4) is 5.75 Å². The number of rotatable bonds is 12. The maximum absolute atomic E-state index is 5.88. The van der Waals surface area contributed by atoms with Gasteiger partial charge in [-0.1, -0.05) is 58.1 Å². The predicted molar refractivity (Wildman–Crippen MR) is 92.0 cm³/mol. The summed E-state index contributed by atoms with van der Waals surface area (Å²) in [6.07, 6.45) is 9.01. The molecule has 2 heteroatoms. The Morgan fingerprint density at radius 3 is 2.52 bits per heavy atom. The molecule has 0 saturated heterocycles. The van der Waals surface area contributed by atoms with Crippen LogP contribution in [0.4, 0.5) is 0 Å². The van der Waals surface area contributed by atoms with E-state index in [1.165, 1.54) is 44.1 Å². The molecular formula is C19H33NO. The van der Waals surface area contributed by atoms with Crippen LogP contribution in [0.25, 0.3) is 0 Å². The molecule has 0 bridgehead atoms. The average Bonchev–Trinajstić information content (AvgIpc) is 2.52. The van der Waals surface area contributed by atoms with E-state index in [-0.39, 0.29) is 0 Å². The van der Waals surface area contributed by atoms with Gasteiger partial charge in [-0.15, -0.1) is 0 Å². The molecule has 120 valence electrons. The first kappa shape index (κ1) is 18.0. The molecule has 0 aromatic heterocycles. The minimum absolute atomic E-state index is 0.391. The lowest BCUT2D eigenvalue weighted by molar-refractivity contribution is 0.304. The van der Waals surface area contributed by atoms with E-state index in [0.29, 0.717) is 6.04 Å². The maximum atomic E-state index is 5.88. The second kappa shape index (κ2) is 11.6. The third kappa shape index (κ3) is 8.11. The molecule has 1 unspecified atom stereocenters. The maximum Gasteiger partial charge on any atom is 0.119 e. The normalized spacial score (nSPS) is 12.3. The van der Waals surface area contributed by atoms with Crippen molar-refractivity contribution in [1.29, 1.82) is 0 Å². The topological polar surface area (TPSA) is 21.3 Å². The van der Waals surface area contributed by atoms with Crippen LogP contribution in [0.3, 0.4) is 0 Å². The Balaban J connectivity index is 2.26. The highest BCUT2D eigenvalue weighted by Gasteiger charge is 2.05. The molecule has 21 heavy (non-hydrogen) atoms. The number of hydrogen-bond acceptors (Lipinski definition) is 2. The highest BCUT2D eigenvalue weighted by molar-refractivity contribution is 5.30. The zero-order valence-corrected chi connectivity index (χ0v) is 14.2. The molecule has 0 amide bonds. The molecule has 0 aliphatic rings. The van der Waals surface area contributed by atoms with E-state index < -0.39 is 0 Å². The van der Waals surface area contributed by atoms with Crippen molar-refractivity contribution < 1.29 is 4.74 Å². The van der Waals surface area contributed by atoms with Crippen LogP contribution in [0, 0.1) is 0 Å². The fourth-order valence-electron chi connectivity index (χ4n) is 2.42. The number of nitrogens with one attached hydrogen (secondary N) is 1. The second-order valence-corrected chi connectivity index (χ2v) is 5.86. The predicted octanol–water partition coefficient (Wildman–Crippen LogP) is 5.49. The molecule has 2 nitrogen and oxygen atoms in total. The molecule has 0 fully saturated rings. The van der Waals surface area contributed by atoms with Crippen molar-refractivity contribution >= 4 is 0 Å². The summed E-state index contributed by atoms with van der Waals surface area (Å²) < 4.78 is 5.88. The number of ether oxygens (including phenoxy) is 1. The zero-order valence-electron chi connectivity index (χ0n) is 14.2. The summed E-state index contributed by atoms with van der Waals surface area (Å²) in [5.41, 5.74) is 1.31. The van der Waals surface area contributed by atoms with Gasteiger partial charge in [0.15, 0.2) is 0 Å². The van der Waals surface area contributed by atoms with E-state index in [1.54, 1.807) is 0 Å². The van der Waals surface area contributed by atoms with Crippen LogP contribution in [-0.2, 0) is 0 Å². The van der Waals surface area contributed by atoms with Crippen molar-refractivity contribution in [3.63, 3.8) is 0 Å². The summed E-state index contributed by atoms with van der Waals surface area (Å²) in [5.74, 6) is 1.01. The van der Waals surface area contributed by atoms with Crippen LogP contribution >= 0.6 is 0 Å². The number of benzene rings is 1. The van der Waals surface area contributed by atoms with Crippen molar-refractivity contribution in [3.05, 3.63) is 29.8 Å². The Bertz CT molecular complexity index is 364. The molecule has 1 N–H and O–H groups in total. The van der Waals surface area contributed by atoms with E-state index in [9.17, 15) is 0 Å². The molecule has 0 radical (unpaired) electrons. The first-order valence-corrected chi connectivity index (χ1v) is 8.74. The minimum Gasteiger partial charge on any atom is -0.494 e. The van der Waals surface area contributed by atoms with Crippen molar-refractivity contribution in [2.45, 2.75) is 71.8 Å². The monoisotopic (exact) mass is 291 g/mol. The summed E-state index contributed by atoms with van der Waals surface area (Å²) in [4.78, 5) is 0. The highest BCUT2D eigenvalue weighted by atomic mass is 16.5. The van der Waals surface area contributed by atoms with Gasteiger partial charge in [0.25, 0.3) is 0 Å². The molecule has 1 aromatic carbocycles. The molecule has 1 aromatic rings. The molecular weight excluding hydrogens is 258 g/mol. The van der Waals surface area contributed by atoms with Gasteiger partial charge in [-0.2, -0.15) is 0 Å². The lowest BCUT2D eigenvalue weighted by atomic mass is 10.1. The molecule has 1 atom stereocenters. The summed E-state index contributed by atoms with van der Waals surface area (Å²) in [5, 5.41) is 3.52. The third-order valence-electron chi connectivity index (χ3n) is 3.83. The van der Waals surface area contributed by atoms with E-state index >= 15 is 0 Å². The minimum atomic E-state index is 0.391. The fourth-order valence-corrected chi connectivity index (χ4v) is 2.42. The Morgan fingerprint density at radius 1 is 1.00 bits per heavy atom. The first-order chi connectivity index (χ1) is 10.3. The Labute approximate surface area is 131 Å². The van der Waals surface area contributed by atoms with Gasteiger partial charge in [0.05, 0.1) is 6.61 Å². The van der Waals surface area contributed by atoms with Crippen LogP contribution in [0.5, 0.6) is 5.75 Å². The van der Waals surface area contributed by atoms with E-state index in [4.69, 9.17) is 4.74 Å². The molecule has 0 saturated carbocycles. The van der Waals surface area contributed by atoms with E-state index in [1.807, 2.05) is 0 Å². The lowest BCUT2D eigenvalue weighted by Gasteiger charge is -2.15. The van der Waals surface area contributed by atoms with E-state index in [2.05, 4.69) is 50.4 Å². The van der Waals surface area contributed by atoms with Gasteiger partial charge in [0.1, 0.15) is 5.75 Å². The highest BCUT2D eigenvalue weighted by Crippen LogP contribution is 2.19. The quantitative estimate of drug-likeness (QED) is 0.514. The largest absolute Gasteiger partial charge is 0.494 e. The van der Waals surface area contributed by atoms with Crippen LogP contribution in [-0.4, -0.2) is 13.2 Å². The Hall–Kier alpha value is -1.02. The Kier molecular flexibility index (Phi) is 9.98. The summed E-state index contributed by atoms with van der Waals surface area (Å²) in [7, 11) is 0. The zero-order chi connectivity index (χ0) is 15.3. The first-order valence-electron chi connectivity index (χ1n) is 8.74. The number of hydrogen-bond donors (Lipinski definition) is 1. The summed E-state index contributed by atoms with van der Waals surface area (Å²) in [6.45, 7) is 8.56. The van der Waals surface area contributed by atoms with Gasteiger partial charge < -0.3 is 10.1 Å². The van der Waals surface area contributed by atoms with Gasteiger partial charge in [-0.3, -0.25) is 0 Å². The standard InChI is InChI=1S/C19H33NO/c1-4-6-7-8-9-10-15-21-19-13-11-12-18(16-19)17(3)20-14-5-2/h11-13,16-17,20H,4-10,14-15H2,1-3H3. The van der Waals surface area contributed by atoms with Crippen LogP contribution in [0.1, 0.15) is 77.3 Å². The molecule has 1 rings (SSSR count). The van der Waals surface area contributed by atoms with Gasteiger partial charge >= 0.3 is 0 Å². The Morgan fingerprint density at radius 2 is 1.76 bits per heavy atom. The van der Waals surface area contributed by atoms with Gasteiger partial charge in [-0.05, 0) is 44.0 Å². The second-order valence-electron chi connectivity index (χ2n) is 5.86. The average molecular weight is 291 g/mol. The van der Waals surface area contributed by atoms with Crippen molar-refractivity contribution in [2.75, 3.05) is 13.2 Å².